The third-order valence-corrected chi connectivity index (χ3v) is 2.61. The summed E-state index contributed by atoms with van der Waals surface area (Å²) in [5.74, 6) is -2.21. The summed E-state index contributed by atoms with van der Waals surface area (Å²) in [5, 5.41) is 1.81. The Hall–Kier alpha value is -1.46. The molecule has 1 heterocycles. The van der Waals surface area contributed by atoms with Crippen molar-refractivity contribution in [1.29, 1.82) is 0 Å². The molecule has 1 aliphatic heterocycles. The van der Waals surface area contributed by atoms with Gasteiger partial charge in [-0.3, -0.25) is 19.8 Å². The van der Waals surface area contributed by atoms with Crippen molar-refractivity contribution in [3.05, 3.63) is 0 Å². The monoisotopic (exact) mass is 200 g/mol. The SMILES string of the molecule is CC1(N2C(=O)NC(=O)C(F)C2=O)CC1. The van der Waals surface area contributed by atoms with E-state index in [4.69, 9.17) is 0 Å². The first-order chi connectivity index (χ1) is 6.46. The molecule has 1 saturated heterocycles. The van der Waals surface area contributed by atoms with E-state index in [0.29, 0.717) is 12.8 Å². The fourth-order valence-electron chi connectivity index (χ4n) is 1.47. The fourth-order valence-corrected chi connectivity index (χ4v) is 1.47. The molecule has 4 amide bonds. The van der Waals surface area contributed by atoms with Crippen molar-refractivity contribution in [2.75, 3.05) is 0 Å². The average molecular weight is 200 g/mol. The standard InChI is InChI=1S/C8H9FN2O3/c1-8(2-3-8)11-6(13)4(9)5(12)10-7(11)14/h4H,2-3H2,1H3,(H,10,12,14). The van der Waals surface area contributed by atoms with Gasteiger partial charge in [-0.15, -0.1) is 0 Å². The van der Waals surface area contributed by atoms with Gasteiger partial charge in [0, 0.05) is 5.54 Å². The molecule has 14 heavy (non-hydrogen) atoms. The number of carbonyl (C=O) groups is 3. The van der Waals surface area contributed by atoms with Crippen molar-refractivity contribution in [2.45, 2.75) is 31.5 Å². The Morgan fingerprint density at radius 2 is 2.00 bits per heavy atom. The van der Waals surface area contributed by atoms with Crippen molar-refractivity contribution < 1.29 is 18.8 Å². The maximum absolute atomic E-state index is 13.0. The smallest absolute Gasteiger partial charge is 0.275 e. The molecule has 0 aromatic heterocycles. The van der Waals surface area contributed by atoms with Crippen molar-refractivity contribution in [3.63, 3.8) is 0 Å². The second kappa shape index (κ2) is 2.52. The highest BCUT2D eigenvalue weighted by Gasteiger charge is 2.54. The van der Waals surface area contributed by atoms with E-state index < -0.39 is 29.6 Å². The van der Waals surface area contributed by atoms with Crippen LogP contribution in [-0.4, -0.2) is 34.5 Å². The first-order valence-corrected chi connectivity index (χ1v) is 4.29. The van der Waals surface area contributed by atoms with Crippen molar-refractivity contribution >= 4 is 17.8 Å². The number of hydrogen-bond acceptors (Lipinski definition) is 3. The molecule has 1 N–H and O–H groups in total. The number of urea groups is 1. The van der Waals surface area contributed by atoms with Crippen LogP contribution in [-0.2, 0) is 9.59 Å². The summed E-state index contributed by atoms with van der Waals surface area (Å²) in [5.41, 5.74) is -0.591. The minimum atomic E-state index is -2.25. The summed E-state index contributed by atoms with van der Waals surface area (Å²) in [6.45, 7) is 1.69. The molecule has 0 radical (unpaired) electrons. The van der Waals surface area contributed by atoms with Gasteiger partial charge < -0.3 is 0 Å². The maximum atomic E-state index is 13.0. The average Bonchev–Trinajstić information content (AvgIpc) is 2.80. The second-order valence-corrected chi connectivity index (χ2v) is 3.83. The minimum Gasteiger partial charge on any atom is -0.275 e. The Labute approximate surface area is 79.2 Å². The predicted molar refractivity (Wildman–Crippen MR) is 42.9 cm³/mol. The van der Waals surface area contributed by atoms with Gasteiger partial charge in [0.05, 0.1) is 0 Å². The third-order valence-electron chi connectivity index (χ3n) is 2.61. The molecule has 2 aliphatic rings. The van der Waals surface area contributed by atoms with Crippen LogP contribution in [0.3, 0.4) is 0 Å². The van der Waals surface area contributed by atoms with Crippen LogP contribution in [0.2, 0.25) is 0 Å². The van der Waals surface area contributed by atoms with Crippen LogP contribution in [0.5, 0.6) is 0 Å². The second-order valence-electron chi connectivity index (χ2n) is 3.83. The summed E-state index contributed by atoms with van der Waals surface area (Å²) in [7, 11) is 0. The zero-order valence-electron chi connectivity index (χ0n) is 7.54. The summed E-state index contributed by atoms with van der Waals surface area (Å²) in [4.78, 5) is 34.1. The number of barbiturate groups is 1. The van der Waals surface area contributed by atoms with E-state index >= 15 is 0 Å². The lowest BCUT2D eigenvalue weighted by Gasteiger charge is -2.31. The van der Waals surface area contributed by atoms with Gasteiger partial charge in [-0.25, -0.2) is 9.18 Å². The Morgan fingerprint density at radius 1 is 1.43 bits per heavy atom. The first-order valence-electron chi connectivity index (χ1n) is 4.29. The van der Waals surface area contributed by atoms with Gasteiger partial charge in [-0.05, 0) is 19.8 Å². The van der Waals surface area contributed by atoms with Crippen LogP contribution < -0.4 is 5.32 Å². The summed E-state index contributed by atoms with van der Waals surface area (Å²) in [6, 6.07) is -0.811. The molecule has 1 unspecified atom stereocenters. The normalized spacial score (nSPS) is 30.3. The zero-order valence-corrected chi connectivity index (χ0v) is 7.54. The molecule has 0 bridgehead atoms. The number of carbonyl (C=O) groups excluding carboxylic acids is 3. The fraction of sp³-hybridized carbons (Fsp3) is 0.625. The molecule has 6 heteroatoms. The van der Waals surface area contributed by atoms with Crippen LogP contribution in [0.1, 0.15) is 19.8 Å². The Kier molecular flexibility index (Phi) is 1.64. The van der Waals surface area contributed by atoms with Gasteiger partial charge in [0.1, 0.15) is 0 Å². The van der Waals surface area contributed by atoms with E-state index in [1.54, 1.807) is 6.92 Å². The molecule has 2 rings (SSSR count). The van der Waals surface area contributed by atoms with E-state index in [9.17, 15) is 18.8 Å². The first kappa shape index (κ1) is 9.11. The van der Waals surface area contributed by atoms with Crippen molar-refractivity contribution in [2.24, 2.45) is 0 Å². The van der Waals surface area contributed by atoms with E-state index in [1.807, 2.05) is 5.32 Å². The van der Waals surface area contributed by atoms with Crippen LogP contribution in [0, 0.1) is 0 Å². The van der Waals surface area contributed by atoms with Crippen LogP contribution >= 0.6 is 0 Å². The number of hydrogen-bond donors (Lipinski definition) is 1. The highest BCUT2D eigenvalue weighted by molar-refractivity contribution is 6.18. The lowest BCUT2D eigenvalue weighted by molar-refractivity contribution is -0.145. The van der Waals surface area contributed by atoms with Crippen LogP contribution in [0.25, 0.3) is 0 Å². The Balaban J connectivity index is 2.28. The highest BCUT2D eigenvalue weighted by atomic mass is 19.1. The topological polar surface area (TPSA) is 66.5 Å². The Morgan fingerprint density at radius 3 is 2.50 bits per heavy atom. The number of halogens is 1. The Bertz CT molecular complexity index is 337. The van der Waals surface area contributed by atoms with Gasteiger partial charge in [0.15, 0.2) is 0 Å². The molecule has 0 aromatic carbocycles. The maximum Gasteiger partial charge on any atom is 0.331 e. The lowest BCUT2D eigenvalue weighted by Crippen LogP contribution is -2.62. The molecule has 0 aromatic rings. The van der Waals surface area contributed by atoms with E-state index in [0.717, 1.165) is 4.90 Å². The predicted octanol–water partition coefficient (Wildman–Crippen LogP) is -0.0446. The van der Waals surface area contributed by atoms with Gasteiger partial charge >= 0.3 is 6.03 Å². The minimum absolute atomic E-state index is 0.591. The number of nitrogens with one attached hydrogen (secondary N) is 1. The summed E-state index contributed by atoms with van der Waals surface area (Å²) in [6.07, 6.45) is -0.926. The number of amides is 4. The van der Waals surface area contributed by atoms with Gasteiger partial charge in [-0.2, -0.15) is 0 Å². The molecule has 76 valence electrons. The van der Waals surface area contributed by atoms with Gasteiger partial charge in [0.25, 0.3) is 18.0 Å². The zero-order chi connectivity index (χ0) is 10.5. The summed E-state index contributed by atoms with van der Waals surface area (Å²) >= 11 is 0. The van der Waals surface area contributed by atoms with Crippen LogP contribution in [0.15, 0.2) is 0 Å². The lowest BCUT2D eigenvalue weighted by atomic mass is 10.2. The third kappa shape index (κ3) is 1.10. The molecule has 5 nitrogen and oxygen atoms in total. The molecule has 1 saturated carbocycles. The summed E-state index contributed by atoms with van der Waals surface area (Å²) < 4.78 is 13.0. The van der Waals surface area contributed by atoms with Gasteiger partial charge in [-0.1, -0.05) is 0 Å². The largest absolute Gasteiger partial charge is 0.331 e. The molecule has 1 aliphatic carbocycles. The van der Waals surface area contributed by atoms with Crippen molar-refractivity contribution in [1.82, 2.24) is 10.2 Å². The van der Waals surface area contributed by atoms with E-state index in [1.165, 1.54) is 0 Å². The molecule has 1 atom stereocenters. The number of alkyl halides is 1. The molecular formula is C8H9FN2O3. The number of imide groups is 2. The van der Waals surface area contributed by atoms with Gasteiger partial charge in [0.2, 0.25) is 0 Å². The quantitative estimate of drug-likeness (QED) is 0.604. The number of rotatable bonds is 1. The molecule has 2 fully saturated rings. The number of nitrogens with zero attached hydrogens (tertiary/aromatic N) is 1. The van der Waals surface area contributed by atoms with Crippen molar-refractivity contribution in [3.8, 4) is 0 Å². The van der Waals surface area contributed by atoms with E-state index in [2.05, 4.69) is 0 Å². The molecular weight excluding hydrogens is 191 g/mol. The highest BCUT2D eigenvalue weighted by Crippen LogP contribution is 2.42. The van der Waals surface area contributed by atoms with Crippen LogP contribution in [0.4, 0.5) is 9.18 Å². The van der Waals surface area contributed by atoms with E-state index in [-0.39, 0.29) is 0 Å². The molecule has 0 spiro atoms.